The molecule has 0 N–H and O–H groups in total. The topological polar surface area (TPSA) is 32.8 Å². The molecule has 0 aromatic rings. The molecule has 0 aromatic carbocycles. The number of ketones is 1. The van der Waals surface area contributed by atoms with E-state index in [0.29, 0.717) is 24.5 Å². The van der Waals surface area contributed by atoms with Gasteiger partial charge < -0.3 is 9.64 Å². The SMILES string of the molecule is CN(CC(=O)C1CCOC1)CC1(N(C)C)CCC1. The number of likely N-dealkylation sites (N-methyl/N-ethyl adjacent to an activating group) is 2. The van der Waals surface area contributed by atoms with Crippen LogP contribution in [0.1, 0.15) is 25.7 Å². The van der Waals surface area contributed by atoms with Crippen LogP contribution in [0.25, 0.3) is 0 Å². The average molecular weight is 254 g/mol. The zero-order chi connectivity index (χ0) is 13.2. The lowest BCUT2D eigenvalue weighted by atomic mass is 9.75. The van der Waals surface area contributed by atoms with E-state index in [1.807, 2.05) is 0 Å². The highest BCUT2D eigenvalue weighted by Crippen LogP contribution is 2.36. The van der Waals surface area contributed by atoms with Crippen LogP contribution in [0.4, 0.5) is 0 Å². The highest BCUT2D eigenvalue weighted by atomic mass is 16.5. The first kappa shape index (κ1) is 14.0. The van der Waals surface area contributed by atoms with Crippen molar-refractivity contribution in [3.63, 3.8) is 0 Å². The van der Waals surface area contributed by atoms with Gasteiger partial charge in [-0.25, -0.2) is 0 Å². The van der Waals surface area contributed by atoms with E-state index >= 15 is 0 Å². The van der Waals surface area contributed by atoms with Crippen molar-refractivity contribution in [2.45, 2.75) is 31.2 Å². The van der Waals surface area contributed by atoms with Crippen LogP contribution in [0.5, 0.6) is 0 Å². The van der Waals surface area contributed by atoms with E-state index in [1.165, 1.54) is 19.3 Å². The number of carbonyl (C=O) groups is 1. The van der Waals surface area contributed by atoms with Crippen LogP contribution >= 0.6 is 0 Å². The maximum atomic E-state index is 12.1. The molecule has 0 radical (unpaired) electrons. The molecule has 2 aliphatic rings. The Hall–Kier alpha value is -0.450. The third-order valence-corrected chi connectivity index (χ3v) is 4.61. The van der Waals surface area contributed by atoms with Gasteiger partial charge in [0.25, 0.3) is 0 Å². The number of Topliss-reactive ketones (excluding diaryl/α,β-unsaturated/α-hetero) is 1. The van der Waals surface area contributed by atoms with E-state index in [0.717, 1.165) is 19.6 Å². The minimum Gasteiger partial charge on any atom is -0.381 e. The molecule has 1 aliphatic carbocycles. The molecule has 1 aliphatic heterocycles. The smallest absolute Gasteiger partial charge is 0.152 e. The molecular weight excluding hydrogens is 228 g/mol. The van der Waals surface area contributed by atoms with Crippen molar-refractivity contribution in [1.29, 1.82) is 0 Å². The van der Waals surface area contributed by atoms with Gasteiger partial charge in [0.15, 0.2) is 5.78 Å². The minimum atomic E-state index is 0.143. The molecule has 0 spiro atoms. The summed E-state index contributed by atoms with van der Waals surface area (Å²) in [4.78, 5) is 16.6. The Morgan fingerprint density at radius 1 is 1.33 bits per heavy atom. The van der Waals surface area contributed by atoms with Crippen LogP contribution in [0.15, 0.2) is 0 Å². The summed E-state index contributed by atoms with van der Waals surface area (Å²) in [6.45, 7) is 2.95. The standard InChI is InChI=1S/C14H26N2O2/c1-15(2)14(6-4-7-14)11-16(3)9-13(17)12-5-8-18-10-12/h12H,4-11H2,1-3H3. The number of hydrogen-bond acceptors (Lipinski definition) is 4. The molecule has 4 heteroatoms. The van der Waals surface area contributed by atoms with Crippen molar-refractivity contribution >= 4 is 5.78 Å². The van der Waals surface area contributed by atoms with Crippen LogP contribution < -0.4 is 0 Å². The molecule has 104 valence electrons. The monoisotopic (exact) mass is 254 g/mol. The largest absolute Gasteiger partial charge is 0.381 e. The second kappa shape index (κ2) is 5.68. The van der Waals surface area contributed by atoms with Gasteiger partial charge in [-0.2, -0.15) is 0 Å². The Kier molecular flexibility index (Phi) is 4.41. The van der Waals surface area contributed by atoms with Crippen molar-refractivity contribution in [3.8, 4) is 0 Å². The lowest BCUT2D eigenvalue weighted by molar-refractivity contribution is -0.124. The average Bonchev–Trinajstić information content (AvgIpc) is 2.76. The number of ether oxygens (including phenoxy) is 1. The van der Waals surface area contributed by atoms with Crippen LogP contribution in [0, 0.1) is 5.92 Å². The maximum absolute atomic E-state index is 12.1. The van der Waals surface area contributed by atoms with E-state index in [-0.39, 0.29) is 5.92 Å². The van der Waals surface area contributed by atoms with E-state index in [1.54, 1.807) is 0 Å². The summed E-state index contributed by atoms with van der Waals surface area (Å²) >= 11 is 0. The van der Waals surface area contributed by atoms with Crippen LogP contribution in [-0.2, 0) is 9.53 Å². The Morgan fingerprint density at radius 2 is 2.06 bits per heavy atom. The zero-order valence-corrected chi connectivity index (χ0v) is 11.9. The third-order valence-electron chi connectivity index (χ3n) is 4.61. The fourth-order valence-electron chi connectivity index (χ4n) is 3.07. The van der Waals surface area contributed by atoms with Gasteiger partial charge in [0, 0.05) is 24.6 Å². The molecule has 2 rings (SSSR count). The number of rotatable bonds is 6. The quantitative estimate of drug-likeness (QED) is 0.708. The molecule has 0 aromatic heterocycles. The predicted octanol–water partition coefficient (Wildman–Crippen LogP) is 1.01. The van der Waals surface area contributed by atoms with Crippen molar-refractivity contribution in [2.24, 2.45) is 5.92 Å². The zero-order valence-electron chi connectivity index (χ0n) is 11.9. The molecule has 18 heavy (non-hydrogen) atoms. The van der Waals surface area contributed by atoms with Gasteiger partial charge in [0.2, 0.25) is 0 Å². The van der Waals surface area contributed by atoms with Gasteiger partial charge in [-0.1, -0.05) is 0 Å². The number of hydrogen-bond donors (Lipinski definition) is 0. The summed E-state index contributed by atoms with van der Waals surface area (Å²) < 4.78 is 5.28. The third kappa shape index (κ3) is 2.92. The maximum Gasteiger partial charge on any atom is 0.152 e. The molecule has 2 fully saturated rings. The highest BCUT2D eigenvalue weighted by molar-refractivity contribution is 5.83. The van der Waals surface area contributed by atoms with Gasteiger partial charge in [-0.05, 0) is 46.8 Å². The molecule has 0 amide bonds. The fourth-order valence-corrected chi connectivity index (χ4v) is 3.07. The van der Waals surface area contributed by atoms with Crippen molar-refractivity contribution in [3.05, 3.63) is 0 Å². The Morgan fingerprint density at radius 3 is 2.50 bits per heavy atom. The molecule has 0 bridgehead atoms. The van der Waals surface area contributed by atoms with Gasteiger partial charge >= 0.3 is 0 Å². The lowest BCUT2D eigenvalue weighted by Gasteiger charge is -2.49. The van der Waals surface area contributed by atoms with Crippen molar-refractivity contribution in [2.75, 3.05) is 47.4 Å². The van der Waals surface area contributed by atoms with E-state index in [2.05, 4.69) is 30.9 Å². The summed E-state index contributed by atoms with van der Waals surface area (Å²) in [6, 6.07) is 0. The summed E-state index contributed by atoms with van der Waals surface area (Å²) in [5, 5.41) is 0. The van der Waals surface area contributed by atoms with Gasteiger partial charge in [0.05, 0.1) is 13.2 Å². The van der Waals surface area contributed by atoms with Crippen LogP contribution in [-0.4, -0.2) is 68.6 Å². The van der Waals surface area contributed by atoms with Gasteiger partial charge in [-0.3, -0.25) is 9.69 Å². The van der Waals surface area contributed by atoms with Crippen molar-refractivity contribution < 1.29 is 9.53 Å². The lowest BCUT2D eigenvalue weighted by Crippen LogP contribution is -2.57. The second-order valence-corrected chi connectivity index (χ2v) is 6.17. The molecule has 1 saturated carbocycles. The Balaban J connectivity index is 1.80. The van der Waals surface area contributed by atoms with E-state index in [9.17, 15) is 4.79 Å². The Bertz CT molecular complexity index is 294. The minimum absolute atomic E-state index is 0.143. The second-order valence-electron chi connectivity index (χ2n) is 6.17. The highest BCUT2D eigenvalue weighted by Gasteiger charge is 2.40. The first-order valence-corrected chi connectivity index (χ1v) is 7.00. The molecule has 1 atom stereocenters. The number of carbonyl (C=O) groups excluding carboxylic acids is 1. The summed E-state index contributed by atoms with van der Waals surface area (Å²) in [7, 11) is 6.37. The van der Waals surface area contributed by atoms with Gasteiger partial charge in [-0.15, -0.1) is 0 Å². The summed E-state index contributed by atoms with van der Waals surface area (Å²) in [6.07, 6.45) is 4.73. The molecule has 4 nitrogen and oxygen atoms in total. The van der Waals surface area contributed by atoms with Crippen LogP contribution in [0.3, 0.4) is 0 Å². The van der Waals surface area contributed by atoms with E-state index < -0.39 is 0 Å². The molecule has 1 unspecified atom stereocenters. The predicted molar refractivity (Wildman–Crippen MR) is 71.7 cm³/mol. The fraction of sp³-hybridized carbons (Fsp3) is 0.929. The summed E-state index contributed by atoms with van der Waals surface area (Å²) in [5.41, 5.74) is 0.307. The van der Waals surface area contributed by atoms with Crippen molar-refractivity contribution in [1.82, 2.24) is 9.80 Å². The number of nitrogens with zero attached hydrogens (tertiary/aromatic N) is 2. The van der Waals surface area contributed by atoms with Crippen LogP contribution in [0.2, 0.25) is 0 Å². The molecular formula is C14H26N2O2. The molecule has 1 heterocycles. The molecule has 1 saturated heterocycles. The van der Waals surface area contributed by atoms with E-state index in [4.69, 9.17) is 4.74 Å². The first-order chi connectivity index (χ1) is 8.53. The first-order valence-electron chi connectivity index (χ1n) is 7.00. The Labute approximate surface area is 110 Å². The normalized spacial score (nSPS) is 26.6. The van der Waals surface area contributed by atoms with Gasteiger partial charge in [0.1, 0.15) is 0 Å². The summed E-state index contributed by atoms with van der Waals surface area (Å²) in [5.74, 6) is 0.493.